The molecular formula is C13H27N2+. The molecular weight excluding hydrogens is 184 g/mol. The molecule has 0 radical (unpaired) electrons. The molecule has 2 nitrogen and oxygen atoms in total. The van der Waals surface area contributed by atoms with Crippen LogP contribution in [-0.2, 0) is 0 Å². The molecule has 0 aromatic rings. The van der Waals surface area contributed by atoms with Gasteiger partial charge in [-0.1, -0.05) is 13.5 Å². The molecule has 1 N–H and O–H groups in total. The van der Waals surface area contributed by atoms with Crippen LogP contribution in [0.1, 0.15) is 33.6 Å². The molecule has 1 fully saturated rings. The number of hydrogen-bond donors (Lipinski definition) is 1. The van der Waals surface area contributed by atoms with E-state index in [1.807, 2.05) is 7.05 Å². The van der Waals surface area contributed by atoms with Crippen LogP contribution in [0.3, 0.4) is 0 Å². The number of nitrogens with zero attached hydrogens (tertiary/aromatic N) is 1. The zero-order chi connectivity index (χ0) is 11.9. The van der Waals surface area contributed by atoms with Gasteiger partial charge in [-0.3, -0.25) is 5.32 Å². The summed E-state index contributed by atoms with van der Waals surface area (Å²) in [6, 6.07) is 0. The number of nitrogens with one attached hydrogen (secondary N) is 1. The molecule has 0 aliphatic heterocycles. The van der Waals surface area contributed by atoms with Gasteiger partial charge in [0.05, 0.1) is 14.1 Å². The van der Waals surface area contributed by atoms with Gasteiger partial charge in [0.1, 0.15) is 5.54 Å². The Morgan fingerprint density at radius 3 is 2.40 bits per heavy atom. The van der Waals surface area contributed by atoms with Crippen LogP contribution < -0.4 is 5.32 Å². The van der Waals surface area contributed by atoms with Crippen molar-refractivity contribution in [2.24, 2.45) is 5.92 Å². The van der Waals surface area contributed by atoms with Crippen molar-refractivity contribution in [3.63, 3.8) is 0 Å². The second-order valence-electron chi connectivity index (χ2n) is 5.74. The summed E-state index contributed by atoms with van der Waals surface area (Å²) in [5.74, 6) is 0.877. The first kappa shape index (κ1) is 12.7. The summed E-state index contributed by atoms with van der Waals surface area (Å²) in [7, 11) is 6.68. The SMILES string of the molecule is C=C(C)C(NC)[N+](C)(C)C1(C)CC1CC. The van der Waals surface area contributed by atoms with Crippen molar-refractivity contribution in [1.29, 1.82) is 0 Å². The topological polar surface area (TPSA) is 12.0 Å². The van der Waals surface area contributed by atoms with Gasteiger partial charge in [-0.15, -0.1) is 0 Å². The maximum absolute atomic E-state index is 4.11. The highest BCUT2D eigenvalue weighted by molar-refractivity contribution is 5.05. The van der Waals surface area contributed by atoms with E-state index >= 15 is 0 Å². The van der Waals surface area contributed by atoms with E-state index in [4.69, 9.17) is 0 Å². The predicted octanol–water partition coefficient (Wildman–Crippen LogP) is 2.37. The largest absolute Gasteiger partial charge is 0.305 e. The molecule has 0 aromatic heterocycles. The van der Waals surface area contributed by atoms with Crippen LogP contribution in [0.15, 0.2) is 12.2 Å². The molecule has 88 valence electrons. The van der Waals surface area contributed by atoms with Gasteiger partial charge in [-0.2, -0.15) is 0 Å². The first-order valence-electron chi connectivity index (χ1n) is 5.97. The fraction of sp³-hybridized carbons (Fsp3) is 0.846. The summed E-state index contributed by atoms with van der Waals surface area (Å²) < 4.78 is 1.01. The summed E-state index contributed by atoms with van der Waals surface area (Å²) in [6.45, 7) is 10.9. The Labute approximate surface area is 94.9 Å². The third-order valence-corrected chi connectivity index (χ3v) is 4.57. The van der Waals surface area contributed by atoms with Crippen LogP contribution >= 0.6 is 0 Å². The zero-order valence-corrected chi connectivity index (χ0v) is 11.2. The lowest BCUT2D eigenvalue weighted by Gasteiger charge is -2.44. The number of hydrogen-bond acceptors (Lipinski definition) is 1. The minimum absolute atomic E-state index is 0.367. The summed E-state index contributed by atoms with van der Waals surface area (Å²) in [4.78, 5) is 0. The van der Waals surface area contributed by atoms with E-state index in [1.54, 1.807) is 0 Å². The molecule has 0 spiro atoms. The Morgan fingerprint density at radius 1 is 1.60 bits per heavy atom. The van der Waals surface area contributed by atoms with E-state index in [1.165, 1.54) is 18.4 Å². The molecule has 0 aromatic carbocycles. The number of rotatable bonds is 5. The van der Waals surface area contributed by atoms with Crippen LogP contribution in [-0.4, -0.2) is 37.3 Å². The molecule has 15 heavy (non-hydrogen) atoms. The Balaban J connectivity index is 2.87. The lowest BCUT2D eigenvalue weighted by Crippen LogP contribution is -2.62. The maximum atomic E-state index is 4.11. The molecule has 2 heteroatoms. The minimum atomic E-state index is 0.367. The van der Waals surface area contributed by atoms with Gasteiger partial charge >= 0.3 is 0 Å². The van der Waals surface area contributed by atoms with E-state index in [2.05, 4.69) is 46.8 Å². The van der Waals surface area contributed by atoms with Gasteiger partial charge in [0, 0.05) is 12.3 Å². The van der Waals surface area contributed by atoms with E-state index in [0.29, 0.717) is 11.7 Å². The first-order chi connectivity index (χ1) is 6.81. The average Bonchev–Trinajstić information content (AvgIpc) is 2.79. The first-order valence-corrected chi connectivity index (χ1v) is 5.97. The fourth-order valence-electron chi connectivity index (χ4n) is 3.14. The van der Waals surface area contributed by atoms with Gasteiger partial charge in [0.15, 0.2) is 6.17 Å². The van der Waals surface area contributed by atoms with Crippen molar-refractivity contribution in [3.8, 4) is 0 Å². The molecule has 3 unspecified atom stereocenters. The van der Waals surface area contributed by atoms with E-state index in [0.717, 1.165) is 10.4 Å². The monoisotopic (exact) mass is 211 g/mol. The predicted molar refractivity (Wildman–Crippen MR) is 66.6 cm³/mol. The summed E-state index contributed by atoms with van der Waals surface area (Å²) in [6.07, 6.45) is 3.01. The second-order valence-corrected chi connectivity index (χ2v) is 5.74. The van der Waals surface area contributed by atoms with E-state index in [-0.39, 0.29) is 0 Å². The summed E-state index contributed by atoms with van der Waals surface area (Å²) in [5, 5.41) is 3.41. The molecule has 3 atom stereocenters. The highest BCUT2D eigenvalue weighted by Crippen LogP contribution is 2.53. The molecule has 1 saturated carbocycles. The second kappa shape index (κ2) is 3.91. The maximum Gasteiger partial charge on any atom is 0.164 e. The smallest absolute Gasteiger partial charge is 0.164 e. The van der Waals surface area contributed by atoms with Crippen molar-refractivity contribution < 1.29 is 4.48 Å². The Morgan fingerprint density at radius 2 is 2.13 bits per heavy atom. The van der Waals surface area contributed by atoms with Gasteiger partial charge in [0.25, 0.3) is 0 Å². The van der Waals surface area contributed by atoms with Crippen molar-refractivity contribution in [2.45, 2.75) is 45.3 Å². The lowest BCUT2D eigenvalue weighted by atomic mass is 10.1. The van der Waals surface area contributed by atoms with E-state index < -0.39 is 0 Å². The third kappa shape index (κ3) is 1.85. The van der Waals surface area contributed by atoms with E-state index in [9.17, 15) is 0 Å². The highest BCUT2D eigenvalue weighted by atomic mass is 15.5. The summed E-state index contributed by atoms with van der Waals surface area (Å²) in [5.41, 5.74) is 1.66. The molecule has 1 rings (SSSR count). The van der Waals surface area contributed by atoms with Crippen LogP contribution in [0.5, 0.6) is 0 Å². The zero-order valence-electron chi connectivity index (χ0n) is 11.2. The third-order valence-electron chi connectivity index (χ3n) is 4.57. The van der Waals surface area contributed by atoms with Crippen molar-refractivity contribution in [3.05, 3.63) is 12.2 Å². The molecule has 0 heterocycles. The molecule has 1 aliphatic rings. The van der Waals surface area contributed by atoms with Gasteiger partial charge in [-0.25, -0.2) is 0 Å². The average molecular weight is 211 g/mol. The normalized spacial score (nSPS) is 32.5. The van der Waals surface area contributed by atoms with Gasteiger partial charge in [-0.05, 0) is 32.9 Å². The summed E-state index contributed by atoms with van der Waals surface area (Å²) >= 11 is 0. The van der Waals surface area contributed by atoms with Crippen LogP contribution in [0.2, 0.25) is 0 Å². The Kier molecular flexibility index (Phi) is 3.32. The molecule has 0 amide bonds. The quantitative estimate of drug-likeness (QED) is 0.418. The standard InChI is InChI=1S/C13H27N2/c1-8-11-9-13(11,4)15(6,7)12(14-5)10(2)3/h11-12,14H,2,8-9H2,1,3-7H3/q+1. The van der Waals surface area contributed by atoms with Gasteiger partial charge in [0.2, 0.25) is 0 Å². The van der Waals surface area contributed by atoms with Crippen molar-refractivity contribution in [1.82, 2.24) is 5.32 Å². The molecule has 0 bridgehead atoms. The molecule has 0 saturated heterocycles. The van der Waals surface area contributed by atoms with Crippen molar-refractivity contribution >= 4 is 0 Å². The fourth-order valence-corrected chi connectivity index (χ4v) is 3.14. The van der Waals surface area contributed by atoms with Gasteiger partial charge < -0.3 is 4.48 Å². The number of likely N-dealkylation sites (N-methyl/N-ethyl adjacent to an activating group) is 2. The van der Waals surface area contributed by atoms with Crippen LogP contribution in [0.4, 0.5) is 0 Å². The highest BCUT2D eigenvalue weighted by Gasteiger charge is 2.62. The van der Waals surface area contributed by atoms with Crippen molar-refractivity contribution in [2.75, 3.05) is 21.1 Å². The van der Waals surface area contributed by atoms with Crippen LogP contribution in [0, 0.1) is 5.92 Å². The number of quaternary nitrogens is 1. The molecule has 1 aliphatic carbocycles. The van der Waals surface area contributed by atoms with Crippen LogP contribution in [0.25, 0.3) is 0 Å². The minimum Gasteiger partial charge on any atom is -0.305 e. The Bertz CT molecular complexity index is 257. The lowest BCUT2D eigenvalue weighted by molar-refractivity contribution is -0.946. The Hall–Kier alpha value is -0.340.